The molecule has 102 valence electrons. The van der Waals surface area contributed by atoms with Gasteiger partial charge >= 0.3 is 0 Å². The van der Waals surface area contributed by atoms with E-state index in [9.17, 15) is 0 Å². The summed E-state index contributed by atoms with van der Waals surface area (Å²) in [6.07, 6.45) is 6.17. The SMILES string of the molecule is CCCc1ccc(NCc2c[nH]c3ncccc23)cc1. The van der Waals surface area contributed by atoms with Crippen LogP contribution in [0.5, 0.6) is 0 Å². The summed E-state index contributed by atoms with van der Waals surface area (Å²) in [7, 11) is 0. The van der Waals surface area contributed by atoms with Crippen molar-refractivity contribution in [2.24, 2.45) is 0 Å². The number of hydrogen-bond donors (Lipinski definition) is 2. The van der Waals surface area contributed by atoms with Crippen molar-refractivity contribution in [1.82, 2.24) is 9.97 Å². The molecule has 0 amide bonds. The third-order valence-electron chi connectivity index (χ3n) is 3.51. The molecule has 0 atom stereocenters. The molecule has 3 heteroatoms. The minimum Gasteiger partial charge on any atom is -0.381 e. The summed E-state index contributed by atoms with van der Waals surface area (Å²) >= 11 is 0. The lowest BCUT2D eigenvalue weighted by Gasteiger charge is -2.06. The molecular formula is C17H19N3. The highest BCUT2D eigenvalue weighted by Gasteiger charge is 2.03. The number of aromatic amines is 1. The van der Waals surface area contributed by atoms with Gasteiger partial charge in [-0.05, 0) is 41.8 Å². The van der Waals surface area contributed by atoms with Crippen LogP contribution in [0.4, 0.5) is 5.69 Å². The Morgan fingerprint density at radius 2 is 2.00 bits per heavy atom. The number of nitrogens with zero attached hydrogens (tertiary/aromatic N) is 1. The fraction of sp³-hybridized carbons (Fsp3) is 0.235. The maximum Gasteiger partial charge on any atom is 0.137 e. The average Bonchev–Trinajstić information content (AvgIpc) is 2.90. The van der Waals surface area contributed by atoms with Crippen LogP contribution in [0.3, 0.4) is 0 Å². The Morgan fingerprint density at radius 1 is 1.15 bits per heavy atom. The van der Waals surface area contributed by atoms with E-state index in [2.05, 4.69) is 52.5 Å². The van der Waals surface area contributed by atoms with E-state index in [0.29, 0.717) is 0 Å². The van der Waals surface area contributed by atoms with Crippen molar-refractivity contribution in [2.45, 2.75) is 26.3 Å². The lowest BCUT2D eigenvalue weighted by molar-refractivity contribution is 0.922. The third kappa shape index (κ3) is 2.67. The van der Waals surface area contributed by atoms with Gasteiger partial charge in [-0.15, -0.1) is 0 Å². The zero-order chi connectivity index (χ0) is 13.8. The lowest BCUT2D eigenvalue weighted by Crippen LogP contribution is -1.98. The number of benzene rings is 1. The van der Waals surface area contributed by atoms with Gasteiger partial charge in [0.1, 0.15) is 5.65 Å². The number of pyridine rings is 1. The van der Waals surface area contributed by atoms with Gasteiger partial charge in [0.2, 0.25) is 0 Å². The van der Waals surface area contributed by atoms with Crippen LogP contribution in [-0.4, -0.2) is 9.97 Å². The molecule has 0 bridgehead atoms. The molecular weight excluding hydrogens is 246 g/mol. The Morgan fingerprint density at radius 3 is 2.80 bits per heavy atom. The van der Waals surface area contributed by atoms with Gasteiger partial charge in [-0.25, -0.2) is 4.98 Å². The predicted octanol–water partition coefficient (Wildman–Crippen LogP) is 4.13. The molecule has 3 rings (SSSR count). The molecule has 0 aliphatic carbocycles. The number of nitrogens with one attached hydrogen (secondary N) is 2. The molecule has 0 fully saturated rings. The normalized spacial score (nSPS) is 10.8. The average molecular weight is 265 g/mol. The van der Waals surface area contributed by atoms with Crippen LogP contribution < -0.4 is 5.32 Å². The number of hydrogen-bond acceptors (Lipinski definition) is 2. The summed E-state index contributed by atoms with van der Waals surface area (Å²) in [5.74, 6) is 0. The highest BCUT2D eigenvalue weighted by Crippen LogP contribution is 2.18. The first-order valence-corrected chi connectivity index (χ1v) is 7.10. The standard InChI is InChI=1S/C17H19N3/c1-2-4-13-6-8-15(9-7-13)19-11-14-12-20-17-16(14)5-3-10-18-17/h3,5-10,12,19H,2,4,11H2,1H3,(H,18,20). The molecule has 0 aliphatic rings. The molecule has 1 aromatic carbocycles. The summed E-state index contributed by atoms with van der Waals surface area (Å²) in [5.41, 5.74) is 4.74. The van der Waals surface area contributed by atoms with Crippen LogP contribution in [0.15, 0.2) is 48.8 Å². The van der Waals surface area contributed by atoms with Gasteiger partial charge in [0.15, 0.2) is 0 Å². The van der Waals surface area contributed by atoms with Crippen molar-refractivity contribution < 1.29 is 0 Å². The van der Waals surface area contributed by atoms with Gasteiger partial charge in [0.25, 0.3) is 0 Å². The molecule has 0 saturated carbocycles. The van der Waals surface area contributed by atoms with Crippen molar-refractivity contribution >= 4 is 16.7 Å². The maximum atomic E-state index is 4.31. The highest BCUT2D eigenvalue weighted by atomic mass is 14.9. The number of aryl methyl sites for hydroxylation is 1. The smallest absolute Gasteiger partial charge is 0.137 e. The number of anilines is 1. The van der Waals surface area contributed by atoms with Crippen molar-refractivity contribution in [1.29, 1.82) is 0 Å². The van der Waals surface area contributed by atoms with Gasteiger partial charge in [-0.1, -0.05) is 25.5 Å². The van der Waals surface area contributed by atoms with Gasteiger partial charge in [-0.3, -0.25) is 0 Å². The third-order valence-corrected chi connectivity index (χ3v) is 3.51. The van der Waals surface area contributed by atoms with Gasteiger partial charge in [0, 0.05) is 30.0 Å². The van der Waals surface area contributed by atoms with Crippen LogP contribution in [0.1, 0.15) is 24.5 Å². The van der Waals surface area contributed by atoms with Crippen LogP contribution in [0.2, 0.25) is 0 Å². The summed E-state index contributed by atoms with van der Waals surface area (Å²) in [6.45, 7) is 3.01. The second-order valence-electron chi connectivity index (χ2n) is 5.01. The molecule has 3 aromatic rings. The summed E-state index contributed by atoms with van der Waals surface area (Å²) in [6, 6.07) is 12.8. The summed E-state index contributed by atoms with van der Waals surface area (Å²) in [4.78, 5) is 7.50. The van der Waals surface area contributed by atoms with Crippen molar-refractivity contribution in [3.8, 4) is 0 Å². The van der Waals surface area contributed by atoms with Crippen molar-refractivity contribution in [2.75, 3.05) is 5.32 Å². The fourth-order valence-electron chi connectivity index (χ4n) is 2.43. The van der Waals surface area contributed by atoms with Gasteiger partial charge in [0.05, 0.1) is 0 Å². The topological polar surface area (TPSA) is 40.7 Å². The second-order valence-corrected chi connectivity index (χ2v) is 5.01. The van der Waals surface area contributed by atoms with E-state index in [1.54, 1.807) is 0 Å². The van der Waals surface area contributed by atoms with E-state index in [0.717, 1.165) is 24.3 Å². The Hall–Kier alpha value is -2.29. The van der Waals surface area contributed by atoms with Crippen molar-refractivity contribution in [3.05, 3.63) is 59.9 Å². The number of aromatic nitrogens is 2. The molecule has 2 N–H and O–H groups in total. The Bertz CT molecular complexity index is 683. The van der Waals surface area contributed by atoms with Crippen LogP contribution in [0, 0.1) is 0 Å². The number of rotatable bonds is 5. The van der Waals surface area contributed by atoms with E-state index in [4.69, 9.17) is 0 Å². The monoisotopic (exact) mass is 265 g/mol. The van der Waals surface area contributed by atoms with Gasteiger partial charge < -0.3 is 10.3 Å². The first-order chi connectivity index (χ1) is 9.86. The van der Waals surface area contributed by atoms with E-state index in [1.807, 2.05) is 18.5 Å². The number of fused-ring (bicyclic) bond motifs is 1. The first-order valence-electron chi connectivity index (χ1n) is 7.10. The molecule has 2 aromatic heterocycles. The van der Waals surface area contributed by atoms with Crippen molar-refractivity contribution in [3.63, 3.8) is 0 Å². The number of H-pyrrole nitrogens is 1. The lowest BCUT2D eigenvalue weighted by atomic mass is 10.1. The van der Waals surface area contributed by atoms with Crippen LogP contribution in [0.25, 0.3) is 11.0 Å². The minimum atomic E-state index is 0.804. The summed E-state index contributed by atoms with van der Waals surface area (Å²) in [5, 5.41) is 4.64. The zero-order valence-electron chi connectivity index (χ0n) is 11.7. The minimum absolute atomic E-state index is 0.804. The molecule has 0 spiro atoms. The van der Waals surface area contributed by atoms with Gasteiger partial charge in [-0.2, -0.15) is 0 Å². The maximum absolute atomic E-state index is 4.31. The Labute approximate surface area is 119 Å². The molecule has 0 radical (unpaired) electrons. The molecule has 0 unspecified atom stereocenters. The van der Waals surface area contributed by atoms with Crippen LogP contribution in [-0.2, 0) is 13.0 Å². The Balaban J connectivity index is 1.69. The molecule has 3 nitrogen and oxygen atoms in total. The molecule has 0 aliphatic heterocycles. The van der Waals surface area contributed by atoms with E-state index < -0.39 is 0 Å². The Kier molecular flexibility index (Phi) is 3.68. The summed E-state index contributed by atoms with van der Waals surface area (Å²) < 4.78 is 0. The highest BCUT2D eigenvalue weighted by molar-refractivity contribution is 5.79. The van der Waals surface area contributed by atoms with E-state index in [1.165, 1.54) is 22.9 Å². The molecule has 2 heterocycles. The fourth-order valence-corrected chi connectivity index (χ4v) is 2.43. The molecule has 0 saturated heterocycles. The second kappa shape index (κ2) is 5.78. The van der Waals surface area contributed by atoms with Crippen LogP contribution >= 0.6 is 0 Å². The van der Waals surface area contributed by atoms with E-state index >= 15 is 0 Å². The largest absolute Gasteiger partial charge is 0.381 e. The zero-order valence-corrected chi connectivity index (χ0v) is 11.7. The quantitative estimate of drug-likeness (QED) is 0.728. The first kappa shape index (κ1) is 12.7. The van der Waals surface area contributed by atoms with E-state index in [-0.39, 0.29) is 0 Å². The molecule has 20 heavy (non-hydrogen) atoms. The predicted molar refractivity (Wildman–Crippen MR) is 83.9 cm³/mol.